The van der Waals surface area contributed by atoms with Crippen LogP contribution in [0.1, 0.15) is 18.5 Å². The minimum Gasteiger partial charge on any atom is -0.331 e. The number of benzene rings is 2. The number of carbonyl (C=O) groups is 1. The van der Waals surface area contributed by atoms with E-state index in [1.54, 1.807) is 17.9 Å². The zero-order valence-corrected chi connectivity index (χ0v) is 13.3. The van der Waals surface area contributed by atoms with E-state index in [0.29, 0.717) is 6.07 Å². The summed E-state index contributed by atoms with van der Waals surface area (Å²) in [4.78, 5) is 15.9. The van der Waals surface area contributed by atoms with Crippen molar-refractivity contribution in [1.29, 1.82) is 0 Å². The molecule has 6 nitrogen and oxygen atoms in total. The Morgan fingerprint density at radius 2 is 1.92 bits per heavy atom. The molecule has 0 fully saturated rings. The van der Waals surface area contributed by atoms with Gasteiger partial charge in [-0.2, -0.15) is 5.10 Å². The van der Waals surface area contributed by atoms with Crippen molar-refractivity contribution in [1.82, 2.24) is 20.1 Å². The molecule has 2 N–H and O–H groups in total. The number of rotatable bonds is 4. The second kappa shape index (κ2) is 7.08. The fourth-order valence-corrected chi connectivity index (χ4v) is 2.29. The third-order valence-electron chi connectivity index (χ3n) is 3.60. The van der Waals surface area contributed by atoms with Crippen LogP contribution in [0.4, 0.5) is 19.3 Å². The van der Waals surface area contributed by atoms with Crippen LogP contribution in [0, 0.1) is 11.6 Å². The largest absolute Gasteiger partial charge is 0.331 e. The predicted molar refractivity (Wildman–Crippen MR) is 88.3 cm³/mol. The van der Waals surface area contributed by atoms with Crippen molar-refractivity contribution < 1.29 is 13.6 Å². The fourth-order valence-electron chi connectivity index (χ4n) is 2.29. The Kier molecular flexibility index (Phi) is 4.69. The Morgan fingerprint density at radius 3 is 2.56 bits per heavy atom. The van der Waals surface area contributed by atoms with Crippen molar-refractivity contribution in [3.05, 3.63) is 72.3 Å². The van der Waals surface area contributed by atoms with Crippen LogP contribution in [0.3, 0.4) is 0 Å². The fraction of sp³-hybridized carbons (Fsp3) is 0.118. The normalized spacial score (nSPS) is 11.8. The number of anilines is 1. The summed E-state index contributed by atoms with van der Waals surface area (Å²) in [6, 6.07) is 9.45. The van der Waals surface area contributed by atoms with Crippen LogP contribution in [0.2, 0.25) is 0 Å². The summed E-state index contributed by atoms with van der Waals surface area (Å²) in [5.41, 5.74) is 1.61. The van der Waals surface area contributed by atoms with Crippen molar-refractivity contribution >= 4 is 11.7 Å². The first-order valence-corrected chi connectivity index (χ1v) is 7.50. The minimum atomic E-state index is -0.833. The number of nitrogens with zero attached hydrogens (tertiary/aromatic N) is 3. The summed E-state index contributed by atoms with van der Waals surface area (Å²) in [7, 11) is 0. The zero-order valence-electron chi connectivity index (χ0n) is 13.3. The molecule has 25 heavy (non-hydrogen) atoms. The second-order valence-electron chi connectivity index (χ2n) is 5.38. The maximum Gasteiger partial charge on any atom is 0.319 e. The molecule has 0 unspecified atom stereocenters. The van der Waals surface area contributed by atoms with Crippen LogP contribution in [0.15, 0.2) is 55.1 Å². The lowest BCUT2D eigenvalue weighted by atomic mass is 10.1. The number of carbonyl (C=O) groups excluding carboxylic acids is 1. The Balaban J connectivity index is 1.63. The molecule has 0 aliphatic carbocycles. The highest BCUT2D eigenvalue weighted by molar-refractivity contribution is 5.89. The molecule has 0 saturated carbocycles. The molecule has 0 aliphatic rings. The smallest absolute Gasteiger partial charge is 0.319 e. The van der Waals surface area contributed by atoms with Crippen molar-refractivity contribution in [3.8, 4) is 5.69 Å². The van der Waals surface area contributed by atoms with Gasteiger partial charge in [-0.3, -0.25) is 0 Å². The SMILES string of the molecule is C[C@H](NC(=O)Nc1ccc(F)cc1F)c1ccc(-n2cncn2)cc1. The first-order chi connectivity index (χ1) is 12.0. The maximum absolute atomic E-state index is 13.6. The zero-order chi connectivity index (χ0) is 17.8. The average Bonchev–Trinajstić information content (AvgIpc) is 3.12. The lowest BCUT2D eigenvalue weighted by Gasteiger charge is -2.16. The average molecular weight is 343 g/mol. The molecule has 0 bridgehead atoms. The summed E-state index contributed by atoms with van der Waals surface area (Å²) < 4.78 is 28.0. The van der Waals surface area contributed by atoms with Crippen LogP contribution in [-0.2, 0) is 0 Å². The molecule has 0 radical (unpaired) electrons. The first-order valence-electron chi connectivity index (χ1n) is 7.50. The van der Waals surface area contributed by atoms with E-state index in [9.17, 15) is 13.6 Å². The van der Waals surface area contributed by atoms with Gasteiger partial charge in [-0.1, -0.05) is 12.1 Å². The van der Waals surface area contributed by atoms with E-state index in [2.05, 4.69) is 20.7 Å². The van der Waals surface area contributed by atoms with Crippen molar-refractivity contribution in [2.75, 3.05) is 5.32 Å². The predicted octanol–water partition coefficient (Wildman–Crippen LogP) is 3.43. The van der Waals surface area contributed by atoms with Gasteiger partial charge in [0.1, 0.15) is 24.3 Å². The Labute approximate surface area is 142 Å². The van der Waals surface area contributed by atoms with Gasteiger partial charge in [0.05, 0.1) is 17.4 Å². The Bertz CT molecular complexity index is 865. The van der Waals surface area contributed by atoms with Gasteiger partial charge in [-0.25, -0.2) is 23.2 Å². The van der Waals surface area contributed by atoms with Crippen molar-refractivity contribution in [2.45, 2.75) is 13.0 Å². The highest BCUT2D eigenvalue weighted by atomic mass is 19.1. The van der Waals surface area contributed by atoms with E-state index in [1.165, 1.54) is 12.4 Å². The standard InChI is InChI=1S/C17H15F2N5O/c1-11(12-2-5-14(6-3-12)24-10-20-9-21-24)22-17(25)23-16-7-4-13(18)8-15(16)19/h2-11H,1H3,(H2,22,23,25)/t11-/m0/s1. The summed E-state index contributed by atoms with van der Waals surface area (Å²) in [6.07, 6.45) is 3.03. The number of amides is 2. The van der Waals surface area contributed by atoms with Gasteiger partial charge in [-0.05, 0) is 36.8 Å². The van der Waals surface area contributed by atoms with Crippen molar-refractivity contribution in [2.24, 2.45) is 0 Å². The monoisotopic (exact) mass is 343 g/mol. The van der Waals surface area contributed by atoms with Gasteiger partial charge in [0, 0.05) is 6.07 Å². The topological polar surface area (TPSA) is 71.8 Å². The van der Waals surface area contributed by atoms with Gasteiger partial charge >= 0.3 is 6.03 Å². The van der Waals surface area contributed by atoms with E-state index in [4.69, 9.17) is 0 Å². The highest BCUT2D eigenvalue weighted by Gasteiger charge is 2.12. The van der Waals surface area contributed by atoms with Crippen molar-refractivity contribution in [3.63, 3.8) is 0 Å². The molecule has 2 aromatic carbocycles. The first kappa shape index (κ1) is 16.6. The molecule has 0 saturated heterocycles. The van der Waals surface area contributed by atoms with Gasteiger partial charge in [0.25, 0.3) is 0 Å². The lowest BCUT2D eigenvalue weighted by molar-refractivity contribution is 0.249. The summed E-state index contributed by atoms with van der Waals surface area (Å²) in [5, 5.41) is 9.09. The van der Waals surface area contributed by atoms with E-state index < -0.39 is 17.7 Å². The molecule has 128 valence electrons. The molecule has 8 heteroatoms. The van der Waals surface area contributed by atoms with E-state index in [-0.39, 0.29) is 11.7 Å². The highest BCUT2D eigenvalue weighted by Crippen LogP contribution is 2.17. The molecule has 0 spiro atoms. The summed E-state index contributed by atoms with van der Waals surface area (Å²) in [6.45, 7) is 1.80. The molecule has 1 aromatic heterocycles. The molecular formula is C17H15F2N5O. The van der Waals surface area contributed by atoms with E-state index in [0.717, 1.165) is 17.3 Å². The number of urea groups is 1. The van der Waals surface area contributed by atoms with Gasteiger partial charge in [0.2, 0.25) is 0 Å². The molecule has 0 aliphatic heterocycles. The minimum absolute atomic E-state index is 0.0902. The quantitative estimate of drug-likeness (QED) is 0.762. The van der Waals surface area contributed by atoms with E-state index in [1.807, 2.05) is 24.3 Å². The van der Waals surface area contributed by atoms with Crippen LogP contribution in [0.25, 0.3) is 5.69 Å². The summed E-state index contributed by atoms with van der Waals surface area (Å²) >= 11 is 0. The van der Waals surface area contributed by atoms with Gasteiger partial charge in [-0.15, -0.1) is 0 Å². The second-order valence-corrected chi connectivity index (χ2v) is 5.38. The molecule has 3 aromatic rings. The number of nitrogens with one attached hydrogen (secondary N) is 2. The number of hydrogen-bond donors (Lipinski definition) is 2. The van der Waals surface area contributed by atoms with Crippen LogP contribution >= 0.6 is 0 Å². The third-order valence-corrected chi connectivity index (χ3v) is 3.60. The maximum atomic E-state index is 13.6. The van der Waals surface area contributed by atoms with Crippen LogP contribution in [-0.4, -0.2) is 20.8 Å². The third kappa shape index (κ3) is 3.97. The molecule has 3 rings (SSSR count). The number of aromatic nitrogens is 3. The van der Waals surface area contributed by atoms with Gasteiger partial charge in [0.15, 0.2) is 0 Å². The molecule has 1 atom stereocenters. The molecule has 1 heterocycles. The summed E-state index contributed by atoms with van der Waals surface area (Å²) in [5.74, 6) is -1.54. The number of halogens is 2. The Hall–Kier alpha value is -3.29. The Morgan fingerprint density at radius 1 is 1.16 bits per heavy atom. The molecular weight excluding hydrogens is 328 g/mol. The van der Waals surface area contributed by atoms with Gasteiger partial charge < -0.3 is 10.6 Å². The van der Waals surface area contributed by atoms with Crippen LogP contribution in [0.5, 0.6) is 0 Å². The lowest BCUT2D eigenvalue weighted by Crippen LogP contribution is -2.31. The number of hydrogen-bond acceptors (Lipinski definition) is 3. The molecule has 2 amide bonds. The van der Waals surface area contributed by atoms with E-state index >= 15 is 0 Å². The van der Waals surface area contributed by atoms with Crippen LogP contribution < -0.4 is 10.6 Å².